The average Bonchev–Trinajstić information content (AvgIpc) is 2.47. The van der Waals surface area contributed by atoms with E-state index in [1.54, 1.807) is 24.3 Å². The summed E-state index contributed by atoms with van der Waals surface area (Å²) in [6, 6.07) is 6.77. The molecular weight excluding hydrogens is 288 g/mol. The van der Waals surface area contributed by atoms with Gasteiger partial charge in [-0.2, -0.15) is 4.31 Å². The van der Waals surface area contributed by atoms with E-state index in [9.17, 15) is 13.2 Å². The fraction of sp³-hybridized carbons (Fsp3) is 0.533. The number of nitrogens with zero attached hydrogens (tertiary/aromatic N) is 1. The summed E-state index contributed by atoms with van der Waals surface area (Å²) in [7, 11) is -3.40. The van der Waals surface area contributed by atoms with Crippen molar-refractivity contribution in [3.05, 3.63) is 29.8 Å². The Morgan fingerprint density at radius 2 is 1.67 bits per heavy atom. The van der Waals surface area contributed by atoms with Gasteiger partial charge in [0.15, 0.2) is 0 Å². The highest BCUT2D eigenvalue weighted by molar-refractivity contribution is 7.89. The zero-order valence-corrected chi connectivity index (χ0v) is 13.7. The number of hydrogen-bond acceptors (Lipinski definition) is 3. The molecule has 6 heteroatoms. The van der Waals surface area contributed by atoms with E-state index >= 15 is 0 Å². The molecule has 0 unspecified atom stereocenters. The number of sulfonamides is 1. The Morgan fingerprint density at radius 3 is 2.14 bits per heavy atom. The molecule has 0 saturated heterocycles. The first-order valence-corrected chi connectivity index (χ1v) is 8.75. The minimum absolute atomic E-state index is 0.0114. The van der Waals surface area contributed by atoms with Crippen molar-refractivity contribution in [2.24, 2.45) is 0 Å². The highest BCUT2D eigenvalue weighted by atomic mass is 32.2. The second-order valence-electron chi connectivity index (χ2n) is 4.69. The van der Waals surface area contributed by atoms with Gasteiger partial charge in [0.1, 0.15) is 0 Å². The van der Waals surface area contributed by atoms with Crippen LogP contribution in [0.4, 0.5) is 0 Å². The first kappa shape index (κ1) is 17.7. The van der Waals surface area contributed by atoms with Gasteiger partial charge in [0, 0.05) is 26.1 Å². The van der Waals surface area contributed by atoms with Crippen molar-refractivity contribution in [2.45, 2.75) is 38.5 Å². The molecule has 118 valence electrons. The maximum atomic E-state index is 12.3. The highest BCUT2D eigenvalue weighted by Gasteiger charge is 2.21. The number of carbonyl (C=O) groups is 1. The maximum absolute atomic E-state index is 12.3. The summed E-state index contributed by atoms with van der Waals surface area (Å²) in [4.78, 5) is 11.7. The Kier molecular flexibility index (Phi) is 6.84. The van der Waals surface area contributed by atoms with E-state index in [4.69, 9.17) is 0 Å². The lowest BCUT2D eigenvalue weighted by Gasteiger charge is -2.18. The topological polar surface area (TPSA) is 66.5 Å². The van der Waals surface area contributed by atoms with Crippen LogP contribution in [-0.2, 0) is 21.2 Å². The molecule has 0 aromatic heterocycles. The van der Waals surface area contributed by atoms with Crippen molar-refractivity contribution in [1.82, 2.24) is 9.62 Å². The predicted molar refractivity (Wildman–Crippen MR) is 83.6 cm³/mol. The van der Waals surface area contributed by atoms with Crippen LogP contribution in [0.15, 0.2) is 29.2 Å². The zero-order chi connectivity index (χ0) is 15.9. The summed E-state index contributed by atoms with van der Waals surface area (Å²) in [6.45, 7) is 7.06. The monoisotopic (exact) mass is 312 g/mol. The van der Waals surface area contributed by atoms with Crippen LogP contribution in [0, 0.1) is 0 Å². The third kappa shape index (κ3) is 4.82. The Morgan fingerprint density at radius 1 is 1.10 bits per heavy atom. The molecule has 1 N–H and O–H groups in total. The van der Waals surface area contributed by atoms with Gasteiger partial charge in [-0.1, -0.05) is 26.0 Å². The molecule has 21 heavy (non-hydrogen) atoms. The summed E-state index contributed by atoms with van der Waals surface area (Å²) < 4.78 is 26.1. The molecule has 0 aliphatic heterocycles. The SMILES string of the molecule is CCNC(=O)CCc1ccc(S(=O)(=O)N(CC)CC)cc1. The molecule has 0 aliphatic carbocycles. The van der Waals surface area contributed by atoms with Crippen molar-refractivity contribution < 1.29 is 13.2 Å². The van der Waals surface area contributed by atoms with Crippen LogP contribution in [0.5, 0.6) is 0 Å². The third-order valence-corrected chi connectivity index (χ3v) is 5.35. The van der Waals surface area contributed by atoms with Crippen molar-refractivity contribution in [1.29, 1.82) is 0 Å². The fourth-order valence-corrected chi connectivity index (χ4v) is 3.54. The molecule has 1 aromatic carbocycles. The van der Waals surface area contributed by atoms with E-state index in [1.807, 2.05) is 20.8 Å². The molecule has 0 aliphatic rings. The summed E-state index contributed by atoms with van der Waals surface area (Å²) in [6.07, 6.45) is 1.02. The number of amides is 1. The van der Waals surface area contributed by atoms with Gasteiger partial charge >= 0.3 is 0 Å². The molecule has 0 saturated carbocycles. The normalized spacial score (nSPS) is 11.6. The van der Waals surface area contributed by atoms with Crippen LogP contribution in [0.1, 0.15) is 32.8 Å². The Hall–Kier alpha value is -1.40. The van der Waals surface area contributed by atoms with E-state index in [1.165, 1.54) is 4.31 Å². The van der Waals surface area contributed by atoms with Crippen molar-refractivity contribution in [3.8, 4) is 0 Å². The lowest BCUT2D eigenvalue weighted by Crippen LogP contribution is -2.30. The van der Waals surface area contributed by atoms with Crippen molar-refractivity contribution in [2.75, 3.05) is 19.6 Å². The van der Waals surface area contributed by atoms with Gasteiger partial charge in [-0.05, 0) is 31.0 Å². The van der Waals surface area contributed by atoms with Gasteiger partial charge in [-0.15, -0.1) is 0 Å². The number of aryl methyl sites for hydroxylation is 1. The maximum Gasteiger partial charge on any atom is 0.243 e. The number of rotatable bonds is 8. The van der Waals surface area contributed by atoms with E-state index in [2.05, 4.69) is 5.32 Å². The highest BCUT2D eigenvalue weighted by Crippen LogP contribution is 2.16. The summed E-state index contributed by atoms with van der Waals surface area (Å²) in [5, 5.41) is 2.74. The lowest BCUT2D eigenvalue weighted by molar-refractivity contribution is -0.120. The summed E-state index contributed by atoms with van der Waals surface area (Å²) in [5.41, 5.74) is 0.958. The van der Waals surface area contributed by atoms with E-state index < -0.39 is 10.0 Å². The minimum atomic E-state index is -3.40. The molecule has 0 heterocycles. The standard InChI is InChI=1S/C15H24N2O3S/c1-4-16-15(18)12-9-13-7-10-14(11-8-13)21(19,20)17(5-2)6-3/h7-8,10-11H,4-6,9,12H2,1-3H3,(H,16,18). The molecular formula is C15H24N2O3S. The molecule has 0 atom stereocenters. The molecule has 1 rings (SSSR count). The van der Waals surface area contributed by atoms with Gasteiger partial charge < -0.3 is 5.32 Å². The minimum Gasteiger partial charge on any atom is -0.356 e. The first-order chi connectivity index (χ1) is 9.95. The molecule has 5 nitrogen and oxygen atoms in total. The van der Waals surface area contributed by atoms with Gasteiger partial charge in [0.2, 0.25) is 15.9 Å². The van der Waals surface area contributed by atoms with Gasteiger partial charge in [0.05, 0.1) is 4.90 Å². The van der Waals surface area contributed by atoms with E-state index in [0.29, 0.717) is 37.4 Å². The van der Waals surface area contributed by atoms with Gasteiger partial charge in [0.25, 0.3) is 0 Å². The second kappa shape index (κ2) is 8.14. The zero-order valence-electron chi connectivity index (χ0n) is 12.9. The molecule has 1 aromatic rings. The molecule has 0 bridgehead atoms. The fourth-order valence-electron chi connectivity index (χ4n) is 2.08. The van der Waals surface area contributed by atoms with Gasteiger partial charge in [-0.3, -0.25) is 4.79 Å². The number of carbonyl (C=O) groups excluding carboxylic acids is 1. The largest absolute Gasteiger partial charge is 0.356 e. The predicted octanol–water partition coefficient (Wildman–Crippen LogP) is 1.79. The summed E-state index contributed by atoms with van der Waals surface area (Å²) in [5.74, 6) is 0.0114. The van der Waals surface area contributed by atoms with Crippen LogP contribution in [0.2, 0.25) is 0 Å². The van der Waals surface area contributed by atoms with Crippen LogP contribution < -0.4 is 5.32 Å². The van der Waals surface area contributed by atoms with Crippen LogP contribution in [0.3, 0.4) is 0 Å². The number of nitrogens with one attached hydrogen (secondary N) is 1. The third-order valence-electron chi connectivity index (χ3n) is 3.28. The Labute approximate surface area is 127 Å². The smallest absolute Gasteiger partial charge is 0.243 e. The van der Waals surface area contributed by atoms with Crippen LogP contribution >= 0.6 is 0 Å². The van der Waals surface area contributed by atoms with Gasteiger partial charge in [-0.25, -0.2) is 8.42 Å². The Bertz CT molecular complexity index is 549. The summed E-state index contributed by atoms with van der Waals surface area (Å²) >= 11 is 0. The van der Waals surface area contributed by atoms with Crippen molar-refractivity contribution >= 4 is 15.9 Å². The lowest BCUT2D eigenvalue weighted by atomic mass is 10.1. The van der Waals surface area contributed by atoms with E-state index in [-0.39, 0.29) is 5.91 Å². The molecule has 0 spiro atoms. The van der Waals surface area contributed by atoms with E-state index in [0.717, 1.165) is 5.56 Å². The molecule has 0 fully saturated rings. The first-order valence-electron chi connectivity index (χ1n) is 7.31. The number of benzene rings is 1. The second-order valence-corrected chi connectivity index (χ2v) is 6.62. The molecule has 1 amide bonds. The van der Waals surface area contributed by atoms with Crippen molar-refractivity contribution in [3.63, 3.8) is 0 Å². The van der Waals surface area contributed by atoms with Crippen LogP contribution in [-0.4, -0.2) is 38.3 Å². The average molecular weight is 312 g/mol. The van der Waals surface area contributed by atoms with Crippen LogP contribution in [0.25, 0.3) is 0 Å². The number of hydrogen-bond donors (Lipinski definition) is 1. The Balaban J connectivity index is 2.76. The quantitative estimate of drug-likeness (QED) is 0.796. The molecule has 0 radical (unpaired) electrons.